The minimum absolute atomic E-state index is 0.755. The van der Waals surface area contributed by atoms with Crippen LogP contribution in [0.3, 0.4) is 0 Å². The lowest BCUT2D eigenvalue weighted by molar-refractivity contribution is 0.176. The van der Waals surface area contributed by atoms with Gasteiger partial charge < -0.3 is 15.0 Å². The summed E-state index contributed by atoms with van der Waals surface area (Å²) >= 11 is 9.21. The number of methoxy groups -OCH3 is 1. The average molecular weight is 420 g/mol. The number of anilines is 1. The zero-order valence-corrected chi connectivity index (χ0v) is 16.6. The standard InChI is InChI=1S/C19H22BrN3OS/c1-24-18-9-5-4-8-17(18)21-19(25)23-12-10-22(11-13-23)14-15-6-2-3-7-16(15)20/h2-9H,10-14H2,1H3,(H,21,25). The topological polar surface area (TPSA) is 27.7 Å². The zero-order valence-electron chi connectivity index (χ0n) is 14.2. The second-order valence-corrected chi connectivity index (χ2v) is 7.23. The molecular formula is C19H22BrN3OS. The first kappa shape index (κ1) is 18.2. The molecule has 0 saturated carbocycles. The van der Waals surface area contributed by atoms with Gasteiger partial charge in [-0.3, -0.25) is 4.90 Å². The van der Waals surface area contributed by atoms with Crippen LogP contribution >= 0.6 is 28.1 Å². The minimum atomic E-state index is 0.755. The number of nitrogens with one attached hydrogen (secondary N) is 1. The molecule has 2 aromatic carbocycles. The molecule has 0 unspecified atom stereocenters. The third-order valence-electron chi connectivity index (χ3n) is 4.36. The lowest BCUT2D eigenvalue weighted by Crippen LogP contribution is -2.49. The fourth-order valence-corrected chi connectivity index (χ4v) is 3.62. The number of thiocarbonyl (C=S) groups is 1. The number of hydrogen-bond acceptors (Lipinski definition) is 3. The van der Waals surface area contributed by atoms with Crippen molar-refractivity contribution in [1.82, 2.24) is 9.80 Å². The van der Waals surface area contributed by atoms with E-state index >= 15 is 0 Å². The van der Waals surface area contributed by atoms with Crippen molar-refractivity contribution in [2.45, 2.75) is 6.54 Å². The predicted octanol–water partition coefficient (Wildman–Crippen LogP) is 3.97. The van der Waals surface area contributed by atoms with E-state index in [0.29, 0.717) is 0 Å². The molecule has 1 aliphatic rings. The molecule has 0 spiro atoms. The molecule has 1 fully saturated rings. The largest absolute Gasteiger partial charge is 0.495 e. The van der Waals surface area contributed by atoms with E-state index in [1.807, 2.05) is 30.3 Å². The number of rotatable bonds is 4. The maximum absolute atomic E-state index is 5.59. The van der Waals surface area contributed by atoms with Gasteiger partial charge >= 0.3 is 0 Å². The molecule has 0 aromatic heterocycles. The summed E-state index contributed by atoms with van der Waals surface area (Å²) in [5.74, 6) is 0.803. The summed E-state index contributed by atoms with van der Waals surface area (Å²) in [5.41, 5.74) is 2.23. The van der Waals surface area contributed by atoms with E-state index in [-0.39, 0.29) is 0 Å². The summed E-state index contributed by atoms with van der Waals surface area (Å²) in [6.45, 7) is 4.79. The lowest BCUT2D eigenvalue weighted by atomic mass is 10.2. The van der Waals surface area contributed by atoms with Crippen molar-refractivity contribution in [2.24, 2.45) is 0 Å². The van der Waals surface area contributed by atoms with E-state index in [0.717, 1.165) is 49.3 Å². The minimum Gasteiger partial charge on any atom is -0.495 e. The van der Waals surface area contributed by atoms with Crippen molar-refractivity contribution in [3.8, 4) is 5.75 Å². The van der Waals surface area contributed by atoms with Gasteiger partial charge in [0.2, 0.25) is 0 Å². The van der Waals surface area contributed by atoms with Gasteiger partial charge in [0.1, 0.15) is 5.75 Å². The van der Waals surface area contributed by atoms with Crippen LogP contribution in [-0.4, -0.2) is 48.2 Å². The number of ether oxygens (including phenoxy) is 1. The molecule has 132 valence electrons. The van der Waals surface area contributed by atoms with E-state index in [2.05, 4.69) is 49.2 Å². The van der Waals surface area contributed by atoms with Crippen molar-refractivity contribution in [3.05, 3.63) is 58.6 Å². The molecule has 1 heterocycles. The molecule has 0 amide bonds. The Balaban J connectivity index is 1.53. The Morgan fingerprint density at radius 3 is 2.48 bits per heavy atom. The van der Waals surface area contributed by atoms with Gasteiger partial charge in [-0.25, -0.2) is 0 Å². The molecule has 1 saturated heterocycles. The SMILES string of the molecule is COc1ccccc1NC(=S)N1CCN(Cc2ccccc2Br)CC1. The second-order valence-electron chi connectivity index (χ2n) is 5.99. The van der Waals surface area contributed by atoms with Gasteiger partial charge in [-0.15, -0.1) is 0 Å². The van der Waals surface area contributed by atoms with Crippen molar-refractivity contribution < 1.29 is 4.74 Å². The Morgan fingerprint density at radius 1 is 1.08 bits per heavy atom. The number of benzene rings is 2. The van der Waals surface area contributed by atoms with E-state index < -0.39 is 0 Å². The van der Waals surface area contributed by atoms with Crippen LogP contribution in [0.1, 0.15) is 5.56 Å². The fraction of sp³-hybridized carbons (Fsp3) is 0.316. The van der Waals surface area contributed by atoms with Crippen molar-refractivity contribution >= 4 is 38.9 Å². The Kier molecular flexibility index (Phi) is 6.29. The summed E-state index contributed by atoms with van der Waals surface area (Å²) in [7, 11) is 1.67. The van der Waals surface area contributed by atoms with Gasteiger partial charge in [-0.05, 0) is 36.0 Å². The first-order chi connectivity index (χ1) is 12.2. The fourth-order valence-electron chi connectivity index (χ4n) is 2.92. The van der Waals surface area contributed by atoms with Gasteiger partial charge in [0, 0.05) is 37.2 Å². The molecule has 2 aromatic rings. The highest BCUT2D eigenvalue weighted by Gasteiger charge is 2.20. The predicted molar refractivity (Wildman–Crippen MR) is 110 cm³/mol. The Hall–Kier alpha value is -1.63. The first-order valence-corrected chi connectivity index (χ1v) is 9.52. The van der Waals surface area contributed by atoms with E-state index in [9.17, 15) is 0 Å². The van der Waals surface area contributed by atoms with E-state index in [1.54, 1.807) is 7.11 Å². The number of para-hydroxylation sites is 2. The second kappa shape index (κ2) is 8.65. The quantitative estimate of drug-likeness (QED) is 0.756. The van der Waals surface area contributed by atoms with Gasteiger partial charge in [0.05, 0.1) is 12.8 Å². The van der Waals surface area contributed by atoms with Crippen LogP contribution in [0.25, 0.3) is 0 Å². The summed E-state index contributed by atoms with van der Waals surface area (Å²) in [6, 6.07) is 16.2. The van der Waals surface area contributed by atoms with E-state index in [4.69, 9.17) is 17.0 Å². The van der Waals surface area contributed by atoms with Gasteiger partial charge in [-0.1, -0.05) is 46.3 Å². The third-order valence-corrected chi connectivity index (χ3v) is 5.49. The van der Waals surface area contributed by atoms with Crippen molar-refractivity contribution in [1.29, 1.82) is 0 Å². The number of piperazine rings is 1. The van der Waals surface area contributed by atoms with Crippen LogP contribution in [0.2, 0.25) is 0 Å². The Bertz CT molecular complexity index is 732. The van der Waals surface area contributed by atoms with Crippen LogP contribution in [0.15, 0.2) is 53.0 Å². The number of halogens is 1. The molecule has 1 N–H and O–H groups in total. The van der Waals surface area contributed by atoms with Crippen molar-refractivity contribution in [2.75, 3.05) is 38.6 Å². The van der Waals surface area contributed by atoms with Crippen LogP contribution in [0.5, 0.6) is 5.75 Å². The van der Waals surface area contributed by atoms with Gasteiger partial charge in [-0.2, -0.15) is 0 Å². The summed E-state index contributed by atoms with van der Waals surface area (Å²) in [5, 5.41) is 4.07. The van der Waals surface area contributed by atoms with Gasteiger partial charge in [0.25, 0.3) is 0 Å². The summed E-state index contributed by atoms with van der Waals surface area (Å²) < 4.78 is 6.55. The highest BCUT2D eigenvalue weighted by Crippen LogP contribution is 2.24. The number of hydrogen-bond donors (Lipinski definition) is 1. The molecule has 4 nitrogen and oxygen atoms in total. The third kappa shape index (κ3) is 4.71. The Labute approximate surface area is 162 Å². The molecule has 0 aliphatic carbocycles. The summed E-state index contributed by atoms with van der Waals surface area (Å²) in [6.07, 6.45) is 0. The maximum Gasteiger partial charge on any atom is 0.173 e. The van der Waals surface area contributed by atoms with Crippen LogP contribution in [0, 0.1) is 0 Å². The highest BCUT2D eigenvalue weighted by molar-refractivity contribution is 9.10. The average Bonchev–Trinajstić information content (AvgIpc) is 2.64. The van der Waals surface area contributed by atoms with E-state index in [1.165, 1.54) is 10.0 Å². The monoisotopic (exact) mass is 419 g/mol. The van der Waals surface area contributed by atoms with Crippen LogP contribution < -0.4 is 10.1 Å². The normalized spacial score (nSPS) is 15.0. The highest BCUT2D eigenvalue weighted by atomic mass is 79.9. The van der Waals surface area contributed by atoms with Gasteiger partial charge in [0.15, 0.2) is 5.11 Å². The molecule has 6 heteroatoms. The van der Waals surface area contributed by atoms with Crippen molar-refractivity contribution in [3.63, 3.8) is 0 Å². The Morgan fingerprint density at radius 2 is 1.76 bits per heavy atom. The molecule has 25 heavy (non-hydrogen) atoms. The maximum atomic E-state index is 5.59. The first-order valence-electron chi connectivity index (χ1n) is 8.32. The van der Waals surface area contributed by atoms with Crippen LogP contribution in [-0.2, 0) is 6.54 Å². The molecular weight excluding hydrogens is 398 g/mol. The smallest absolute Gasteiger partial charge is 0.173 e. The zero-order chi connectivity index (χ0) is 17.6. The molecule has 1 aliphatic heterocycles. The molecule has 0 radical (unpaired) electrons. The molecule has 0 atom stereocenters. The molecule has 0 bridgehead atoms. The molecule has 3 rings (SSSR count). The van der Waals surface area contributed by atoms with Crippen LogP contribution in [0.4, 0.5) is 5.69 Å². The number of nitrogens with zero attached hydrogens (tertiary/aromatic N) is 2. The summed E-state index contributed by atoms with van der Waals surface area (Å²) in [4.78, 5) is 4.68. The lowest BCUT2D eigenvalue weighted by Gasteiger charge is -2.36.